The summed E-state index contributed by atoms with van der Waals surface area (Å²) in [6.07, 6.45) is -0.529. The molecule has 5 heteroatoms. The van der Waals surface area contributed by atoms with Crippen molar-refractivity contribution >= 4 is 11.8 Å². The monoisotopic (exact) mass is 262 g/mol. The maximum Gasteiger partial charge on any atom is 0.408 e. The molecule has 0 saturated heterocycles. The second kappa shape index (κ2) is 6.01. The fourth-order valence-corrected chi connectivity index (χ4v) is 1.23. The molecule has 0 fully saturated rings. The molecule has 0 unspecified atom stereocenters. The molecule has 0 atom stereocenters. The molecule has 1 aromatic carbocycles. The van der Waals surface area contributed by atoms with Crippen LogP contribution in [0.2, 0.25) is 0 Å². The van der Waals surface area contributed by atoms with Gasteiger partial charge in [0.05, 0.1) is 17.8 Å². The average molecular weight is 262 g/mol. The number of alkyl carbamates (subject to hydrolysis) is 1. The van der Waals surface area contributed by atoms with Crippen molar-refractivity contribution in [2.75, 3.05) is 12.3 Å². The summed E-state index contributed by atoms with van der Waals surface area (Å²) in [6.45, 7) is 5.47. The maximum absolute atomic E-state index is 11.3. The van der Waals surface area contributed by atoms with E-state index in [4.69, 9.17) is 10.5 Å². The van der Waals surface area contributed by atoms with Gasteiger partial charge in [0, 0.05) is 0 Å². The number of nitrogens with two attached hydrogens (primary N) is 1. The van der Waals surface area contributed by atoms with Crippen molar-refractivity contribution in [3.8, 4) is 17.6 Å². The second-order valence-corrected chi connectivity index (χ2v) is 4.90. The van der Waals surface area contributed by atoms with E-state index in [0.717, 1.165) is 0 Å². The first-order valence-electron chi connectivity index (χ1n) is 5.83. The number of phenolic OH excluding ortho intramolecular Hbond substituents is 1. The molecular weight excluding hydrogens is 244 g/mol. The Morgan fingerprint density at radius 2 is 2.16 bits per heavy atom. The van der Waals surface area contributed by atoms with Gasteiger partial charge in [-0.2, -0.15) is 0 Å². The highest BCUT2D eigenvalue weighted by Crippen LogP contribution is 2.22. The third kappa shape index (κ3) is 5.21. The van der Waals surface area contributed by atoms with Gasteiger partial charge in [-0.1, -0.05) is 17.9 Å². The molecule has 5 nitrogen and oxygen atoms in total. The average Bonchev–Trinajstić information content (AvgIpc) is 2.27. The van der Waals surface area contributed by atoms with Crippen LogP contribution in [0, 0.1) is 11.8 Å². The number of hydrogen-bond donors (Lipinski definition) is 3. The van der Waals surface area contributed by atoms with Crippen LogP contribution in [0.25, 0.3) is 0 Å². The first-order chi connectivity index (χ1) is 8.79. The Bertz CT molecular complexity index is 522. The minimum absolute atomic E-state index is 0.0488. The smallest absolute Gasteiger partial charge is 0.408 e. The van der Waals surface area contributed by atoms with Crippen molar-refractivity contribution in [3.05, 3.63) is 23.8 Å². The Morgan fingerprint density at radius 1 is 1.47 bits per heavy atom. The number of carbonyl (C=O) groups excluding carboxylic acids is 1. The number of ether oxygens (including phenoxy) is 1. The highest BCUT2D eigenvalue weighted by molar-refractivity contribution is 5.68. The van der Waals surface area contributed by atoms with Crippen LogP contribution in [0.15, 0.2) is 18.2 Å². The van der Waals surface area contributed by atoms with Crippen LogP contribution < -0.4 is 11.1 Å². The first-order valence-corrected chi connectivity index (χ1v) is 5.83. The summed E-state index contributed by atoms with van der Waals surface area (Å²) < 4.78 is 5.05. The highest BCUT2D eigenvalue weighted by atomic mass is 16.6. The van der Waals surface area contributed by atoms with Crippen LogP contribution in [0.3, 0.4) is 0 Å². The summed E-state index contributed by atoms with van der Waals surface area (Å²) in [5.41, 5.74) is 5.69. The molecule has 0 spiro atoms. The lowest BCUT2D eigenvalue weighted by Gasteiger charge is -2.19. The van der Waals surface area contributed by atoms with Gasteiger partial charge in [-0.05, 0) is 32.9 Å². The predicted molar refractivity (Wildman–Crippen MR) is 73.6 cm³/mol. The fraction of sp³-hybridized carbons (Fsp3) is 0.357. The van der Waals surface area contributed by atoms with Gasteiger partial charge in [0.25, 0.3) is 0 Å². The lowest BCUT2D eigenvalue weighted by Crippen LogP contribution is -2.32. The SMILES string of the molecule is CC(C)(C)OC(=O)NCC#Cc1cccc(N)c1O. The van der Waals surface area contributed by atoms with Crippen molar-refractivity contribution in [1.82, 2.24) is 5.32 Å². The minimum atomic E-state index is -0.538. The number of aromatic hydroxyl groups is 1. The van der Waals surface area contributed by atoms with Crippen LogP contribution in [-0.2, 0) is 4.74 Å². The van der Waals surface area contributed by atoms with E-state index in [1.54, 1.807) is 39.0 Å². The van der Waals surface area contributed by atoms with E-state index < -0.39 is 11.7 Å². The zero-order valence-corrected chi connectivity index (χ0v) is 11.3. The zero-order valence-electron chi connectivity index (χ0n) is 11.3. The molecule has 1 rings (SSSR count). The molecule has 102 valence electrons. The number of nitrogens with one attached hydrogen (secondary N) is 1. The Balaban J connectivity index is 2.53. The summed E-state index contributed by atoms with van der Waals surface area (Å²) in [4.78, 5) is 11.3. The molecule has 1 amide bonds. The van der Waals surface area contributed by atoms with E-state index in [-0.39, 0.29) is 18.0 Å². The molecule has 0 saturated carbocycles. The van der Waals surface area contributed by atoms with Gasteiger partial charge >= 0.3 is 6.09 Å². The molecule has 19 heavy (non-hydrogen) atoms. The van der Waals surface area contributed by atoms with Gasteiger partial charge < -0.3 is 20.9 Å². The minimum Gasteiger partial charge on any atom is -0.505 e. The summed E-state index contributed by atoms with van der Waals surface area (Å²) in [7, 11) is 0. The summed E-state index contributed by atoms with van der Waals surface area (Å²) in [6, 6.07) is 4.92. The van der Waals surface area contributed by atoms with E-state index >= 15 is 0 Å². The maximum atomic E-state index is 11.3. The molecule has 0 aliphatic carbocycles. The molecule has 0 aliphatic heterocycles. The van der Waals surface area contributed by atoms with Crippen LogP contribution in [0.5, 0.6) is 5.75 Å². The van der Waals surface area contributed by atoms with Gasteiger partial charge in [0.2, 0.25) is 0 Å². The van der Waals surface area contributed by atoms with Gasteiger partial charge in [-0.15, -0.1) is 0 Å². The van der Waals surface area contributed by atoms with Gasteiger partial charge in [-0.3, -0.25) is 0 Å². The van der Waals surface area contributed by atoms with Gasteiger partial charge in [0.1, 0.15) is 5.60 Å². The number of anilines is 1. The molecule has 0 aromatic heterocycles. The predicted octanol–water partition coefficient (Wildman–Crippen LogP) is 1.85. The van der Waals surface area contributed by atoms with E-state index in [0.29, 0.717) is 5.56 Å². The normalized spacial score (nSPS) is 10.3. The van der Waals surface area contributed by atoms with Gasteiger partial charge in [-0.25, -0.2) is 4.79 Å². The number of nitrogen functional groups attached to an aromatic ring is 1. The number of phenols is 1. The lowest BCUT2D eigenvalue weighted by molar-refractivity contribution is 0.0535. The van der Waals surface area contributed by atoms with Crippen LogP contribution in [0.1, 0.15) is 26.3 Å². The summed E-state index contributed by atoms with van der Waals surface area (Å²) in [5.74, 6) is 5.38. The van der Waals surface area contributed by atoms with Crippen molar-refractivity contribution in [1.29, 1.82) is 0 Å². The number of para-hydroxylation sites is 1. The quantitative estimate of drug-likeness (QED) is 0.409. The fourth-order valence-electron chi connectivity index (χ4n) is 1.23. The second-order valence-electron chi connectivity index (χ2n) is 4.90. The molecular formula is C14H18N2O3. The molecule has 0 aliphatic rings. The van der Waals surface area contributed by atoms with E-state index in [1.165, 1.54) is 0 Å². The Labute approximate surface area is 112 Å². The largest absolute Gasteiger partial charge is 0.505 e. The zero-order chi connectivity index (χ0) is 14.5. The molecule has 0 heterocycles. The number of benzene rings is 1. The number of carbonyl (C=O) groups is 1. The number of hydrogen-bond acceptors (Lipinski definition) is 4. The molecule has 4 N–H and O–H groups in total. The Kier molecular flexibility index (Phi) is 4.65. The highest BCUT2D eigenvalue weighted by Gasteiger charge is 2.14. The Hall–Kier alpha value is -2.35. The summed E-state index contributed by atoms with van der Waals surface area (Å²) >= 11 is 0. The topological polar surface area (TPSA) is 84.6 Å². The third-order valence-electron chi connectivity index (χ3n) is 2.01. The van der Waals surface area contributed by atoms with E-state index in [2.05, 4.69) is 17.2 Å². The van der Waals surface area contributed by atoms with Crippen molar-refractivity contribution in [2.24, 2.45) is 0 Å². The van der Waals surface area contributed by atoms with Crippen molar-refractivity contribution in [2.45, 2.75) is 26.4 Å². The van der Waals surface area contributed by atoms with Crippen molar-refractivity contribution < 1.29 is 14.6 Å². The van der Waals surface area contributed by atoms with Crippen LogP contribution >= 0.6 is 0 Å². The number of amides is 1. The van der Waals surface area contributed by atoms with E-state index in [9.17, 15) is 9.90 Å². The molecule has 0 radical (unpaired) electrons. The molecule has 1 aromatic rings. The third-order valence-corrected chi connectivity index (χ3v) is 2.01. The lowest BCUT2D eigenvalue weighted by atomic mass is 10.2. The first kappa shape index (κ1) is 14.7. The van der Waals surface area contributed by atoms with Crippen LogP contribution in [0.4, 0.5) is 10.5 Å². The van der Waals surface area contributed by atoms with Crippen molar-refractivity contribution in [3.63, 3.8) is 0 Å². The number of rotatable bonds is 1. The Morgan fingerprint density at radius 3 is 2.79 bits per heavy atom. The van der Waals surface area contributed by atoms with Crippen LogP contribution in [-0.4, -0.2) is 23.3 Å². The van der Waals surface area contributed by atoms with E-state index in [1.807, 2.05) is 0 Å². The standard InChI is InChI=1S/C14H18N2O3/c1-14(2,3)19-13(18)16-9-5-7-10-6-4-8-11(15)12(10)17/h4,6,8,17H,9,15H2,1-3H3,(H,16,18). The summed E-state index contributed by atoms with van der Waals surface area (Å²) in [5, 5.41) is 12.1. The van der Waals surface area contributed by atoms with Gasteiger partial charge in [0.15, 0.2) is 5.75 Å². The molecule has 0 bridgehead atoms.